The van der Waals surface area contributed by atoms with Crippen molar-refractivity contribution in [1.82, 2.24) is 4.90 Å². The Bertz CT molecular complexity index is 1120. The number of hydrogen-bond acceptors (Lipinski definition) is 4. The number of aromatic hydroxyl groups is 1. The van der Waals surface area contributed by atoms with Crippen molar-refractivity contribution in [3.8, 4) is 5.75 Å². The summed E-state index contributed by atoms with van der Waals surface area (Å²) >= 11 is 0. The van der Waals surface area contributed by atoms with Crippen molar-refractivity contribution >= 4 is 5.97 Å². The molecule has 172 valence electrons. The lowest BCUT2D eigenvalue weighted by molar-refractivity contribution is -0.152. The average Bonchev–Trinajstić information content (AvgIpc) is 2.87. The van der Waals surface area contributed by atoms with Crippen LogP contribution >= 0.6 is 0 Å². The first-order valence-corrected chi connectivity index (χ1v) is 11.5. The number of rotatable bonds is 10. The van der Waals surface area contributed by atoms with Crippen LogP contribution in [0.15, 0.2) is 115 Å². The summed E-state index contributed by atoms with van der Waals surface area (Å²) in [6.45, 7) is 1.42. The maximum absolute atomic E-state index is 13.5. The zero-order chi connectivity index (χ0) is 23.6. The van der Waals surface area contributed by atoms with Crippen LogP contribution < -0.4 is 0 Å². The molecule has 0 amide bonds. The van der Waals surface area contributed by atoms with Crippen LogP contribution in [0.2, 0.25) is 0 Å². The Balaban J connectivity index is 1.62. The zero-order valence-electron chi connectivity index (χ0n) is 19.1. The largest absolute Gasteiger partial charge is 0.508 e. The van der Waals surface area contributed by atoms with Crippen LogP contribution in [0.3, 0.4) is 0 Å². The molecule has 4 aromatic rings. The van der Waals surface area contributed by atoms with Gasteiger partial charge in [-0.2, -0.15) is 0 Å². The Labute approximate surface area is 201 Å². The zero-order valence-corrected chi connectivity index (χ0v) is 19.1. The third kappa shape index (κ3) is 6.80. The van der Waals surface area contributed by atoms with E-state index in [0.29, 0.717) is 19.5 Å². The third-order valence-corrected chi connectivity index (χ3v) is 5.73. The van der Waals surface area contributed by atoms with Crippen LogP contribution in [-0.2, 0) is 35.6 Å². The number of benzene rings is 4. The molecule has 34 heavy (non-hydrogen) atoms. The number of nitrogens with zero attached hydrogens (tertiary/aromatic N) is 1. The Morgan fingerprint density at radius 2 is 1.18 bits per heavy atom. The Morgan fingerprint density at radius 3 is 1.71 bits per heavy atom. The lowest BCUT2D eigenvalue weighted by Gasteiger charge is -2.31. The highest BCUT2D eigenvalue weighted by Crippen LogP contribution is 2.21. The van der Waals surface area contributed by atoms with E-state index in [9.17, 15) is 9.90 Å². The predicted molar refractivity (Wildman–Crippen MR) is 134 cm³/mol. The molecule has 0 saturated carbocycles. The monoisotopic (exact) mass is 451 g/mol. The molecule has 0 radical (unpaired) electrons. The van der Waals surface area contributed by atoms with E-state index < -0.39 is 6.04 Å². The van der Waals surface area contributed by atoms with Gasteiger partial charge in [-0.05, 0) is 40.8 Å². The van der Waals surface area contributed by atoms with Gasteiger partial charge in [0.05, 0.1) is 0 Å². The molecule has 4 nitrogen and oxygen atoms in total. The Morgan fingerprint density at radius 1 is 0.676 bits per heavy atom. The van der Waals surface area contributed by atoms with Gasteiger partial charge in [0.2, 0.25) is 0 Å². The molecule has 0 spiro atoms. The molecular weight excluding hydrogens is 422 g/mol. The summed E-state index contributed by atoms with van der Waals surface area (Å²) in [7, 11) is 0. The van der Waals surface area contributed by atoms with Crippen molar-refractivity contribution in [2.45, 2.75) is 32.2 Å². The summed E-state index contributed by atoms with van der Waals surface area (Å²) in [6, 6.07) is 36.5. The van der Waals surface area contributed by atoms with Gasteiger partial charge in [0.15, 0.2) is 0 Å². The second-order valence-corrected chi connectivity index (χ2v) is 8.36. The van der Waals surface area contributed by atoms with Crippen molar-refractivity contribution in [2.75, 3.05) is 0 Å². The number of phenolic OH excluding ortho intramolecular Hbond substituents is 1. The van der Waals surface area contributed by atoms with Crippen molar-refractivity contribution in [1.29, 1.82) is 0 Å². The van der Waals surface area contributed by atoms with E-state index in [4.69, 9.17) is 4.74 Å². The van der Waals surface area contributed by atoms with Crippen molar-refractivity contribution < 1.29 is 14.6 Å². The molecule has 0 aliphatic carbocycles. The van der Waals surface area contributed by atoms with Gasteiger partial charge < -0.3 is 9.84 Å². The third-order valence-electron chi connectivity index (χ3n) is 5.73. The minimum Gasteiger partial charge on any atom is -0.508 e. The minimum absolute atomic E-state index is 0.187. The standard InChI is InChI=1S/C30H29NO3/c32-28-18-10-17-27(19-28)20-29(30(33)34-23-26-15-8-3-9-16-26)31(21-24-11-4-1-5-12-24)22-25-13-6-2-7-14-25/h1-19,29,32H,20-23H2. The van der Waals surface area contributed by atoms with Crippen LogP contribution in [0.1, 0.15) is 22.3 Å². The fourth-order valence-corrected chi connectivity index (χ4v) is 4.01. The number of hydrogen-bond donors (Lipinski definition) is 1. The molecule has 1 unspecified atom stereocenters. The van der Waals surface area contributed by atoms with Gasteiger partial charge in [-0.25, -0.2) is 0 Å². The molecule has 0 aliphatic rings. The predicted octanol–water partition coefficient (Wildman–Crippen LogP) is 5.75. The summed E-state index contributed by atoms with van der Waals surface area (Å²) in [5.41, 5.74) is 4.07. The summed E-state index contributed by atoms with van der Waals surface area (Å²) in [6.07, 6.45) is 0.432. The molecule has 0 fully saturated rings. The molecular formula is C30H29NO3. The summed E-state index contributed by atoms with van der Waals surface area (Å²) in [5, 5.41) is 10.00. The fraction of sp³-hybridized carbons (Fsp3) is 0.167. The number of carbonyl (C=O) groups excluding carboxylic acids is 1. The molecule has 0 aromatic heterocycles. The van der Waals surface area contributed by atoms with Crippen molar-refractivity contribution in [3.05, 3.63) is 138 Å². The molecule has 1 N–H and O–H groups in total. The topological polar surface area (TPSA) is 49.8 Å². The normalized spacial score (nSPS) is 11.8. The van der Waals surface area contributed by atoms with E-state index in [1.165, 1.54) is 0 Å². The number of carbonyl (C=O) groups is 1. The summed E-state index contributed by atoms with van der Waals surface area (Å²) in [5.74, 6) is -0.0920. The van der Waals surface area contributed by atoms with E-state index in [0.717, 1.165) is 22.3 Å². The first kappa shape index (κ1) is 23.3. The van der Waals surface area contributed by atoms with E-state index in [-0.39, 0.29) is 18.3 Å². The van der Waals surface area contributed by atoms with Crippen LogP contribution in [0.4, 0.5) is 0 Å². The second-order valence-electron chi connectivity index (χ2n) is 8.36. The first-order chi connectivity index (χ1) is 16.7. The van der Waals surface area contributed by atoms with Crippen LogP contribution in [0.5, 0.6) is 5.75 Å². The number of ether oxygens (including phenoxy) is 1. The molecule has 4 rings (SSSR count). The molecule has 4 aromatic carbocycles. The first-order valence-electron chi connectivity index (χ1n) is 11.5. The Kier molecular flexibility index (Phi) is 8.09. The van der Waals surface area contributed by atoms with Crippen molar-refractivity contribution in [2.24, 2.45) is 0 Å². The highest BCUT2D eigenvalue weighted by atomic mass is 16.5. The highest BCUT2D eigenvalue weighted by Gasteiger charge is 2.28. The molecule has 0 heterocycles. The van der Waals surface area contributed by atoms with E-state index in [2.05, 4.69) is 29.2 Å². The van der Waals surface area contributed by atoms with Crippen molar-refractivity contribution in [3.63, 3.8) is 0 Å². The molecule has 4 heteroatoms. The van der Waals surface area contributed by atoms with Gasteiger partial charge in [0.25, 0.3) is 0 Å². The van der Waals surface area contributed by atoms with Crippen LogP contribution in [0.25, 0.3) is 0 Å². The maximum atomic E-state index is 13.5. The summed E-state index contributed by atoms with van der Waals surface area (Å²) in [4.78, 5) is 15.7. The lowest BCUT2D eigenvalue weighted by Crippen LogP contribution is -2.43. The summed E-state index contributed by atoms with van der Waals surface area (Å²) < 4.78 is 5.81. The lowest BCUT2D eigenvalue weighted by atomic mass is 10.0. The second kappa shape index (κ2) is 11.8. The van der Waals surface area contributed by atoms with E-state index >= 15 is 0 Å². The molecule has 0 saturated heterocycles. The molecule has 0 aliphatic heterocycles. The van der Waals surface area contributed by atoms with Crippen LogP contribution in [-0.4, -0.2) is 22.0 Å². The van der Waals surface area contributed by atoms with Crippen LogP contribution in [0, 0.1) is 0 Å². The quantitative estimate of drug-likeness (QED) is 0.312. The Hall–Kier alpha value is -3.89. The van der Waals surface area contributed by atoms with Gasteiger partial charge in [-0.1, -0.05) is 103 Å². The van der Waals surface area contributed by atoms with Gasteiger partial charge in [-0.3, -0.25) is 9.69 Å². The smallest absolute Gasteiger partial charge is 0.324 e. The van der Waals surface area contributed by atoms with Gasteiger partial charge in [0, 0.05) is 13.1 Å². The SMILES string of the molecule is O=C(OCc1ccccc1)C(Cc1cccc(O)c1)N(Cc1ccccc1)Cc1ccccc1. The van der Waals surface area contributed by atoms with Gasteiger partial charge in [0.1, 0.15) is 18.4 Å². The molecule has 1 atom stereocenters. The fourth-order valence-electron chi connectivity index (χ4n) is 4.01. The molecule has 0 bridgehead atoms. The van der Waals surface area contributed by atoms with Gasteiger partial charge in [-0.15, -0.1) is 0 Å². The van der Waals surface area contributed by atoms with E-state index in [1.54, 1.807) is 18.2 Å². The average molecular weight is 452 g/mol. The minimum atomic E-state index is -0.522. The van der Waals surface area contributed by atoms with E-state index in [1.807, 2.05) is 72.8 Å². The van der Waals surface area contributed by atoms with Gasteiger partial charge >= 0.3 is 5.97 Å². The number of esters is 1. The maximum Gasteiger partial charge on any atom is 0.324 e. The highest BCUT2D eigenvalue weighted by molar-refractivity contribution is 5.76. The number of phenols is 1.